The molecule has 0 atom stereocenters. The topological polar surface area (TPSA) is 64.6 Å². The molecule has 0 radical (unpaired) electrons. The Labute approximate surface area is 239 Å². The highest BCUT2D eigenvalue weighted by atomic mass is 19.2. The Kier molecular flexibility index (Phi) is 11.8. The van der Waals surface area contributed by atoms with E-state index in [2.05, 4.69) is 38.6 Å². The number of quaternary nitrogens is 1. The summed E-state index contributed by atoms with van der Waals surface area (Å²) < 4.78 is 51.6. The van der Waals surface area contributed by atoms with Crippen LogP contribution in [0.2, 0.25) is 0 Å². The molecule has 1 amide bonds. The molecule has 0 unspecified atom stereocenters. The summed E-state index contributed by atoms with van der Waals surface area (Å²) in [5.41, 5.74) is 1.52. The van der Waals surface area contributed by atoms with Crippen LogP contribution < -0.4 is 19.3 Å². The maximum absolute atomic E-state index is 13.7. The normalized spacial score (nSPS) is 11.3. The molecule has 0 aliphatic rings. The molecule has 0 spiro atoms. The second-order valence-corrected chi connectivity index (χ2v) is 10.8. The molecule has 0 aliphatic heterocycles. The van der Waals surface area contributed by atoms with E-state index >= 15 is 0 Å². The van der Waals surface area contributed by atoms with Crippen molar-refractivity contribution in [2.75, 3.05) is 34.3 Å². The van der Waals surface area contributed by atoms with E-state index in [0.29, 0.717) is 37.5 Å². The van der Waals surface area contributed by atoms with Crippen LogP contribution in [0.1, 0.15) is 54.4 Å². The molecule has 0 saturated heterocycles. The summed E-state index contributed by atoms with van der Waals surface area (Å²) in [5.74, 6) is -4.29. The zero-order chi connectivity index (χ0) is 29.8. The lowest BCUT2D eigenvalue weighted by molar-refractivity contribution is -0.120. The number of carbonyl (C=O) groups is 2. The van der Waals surface area contributed by atoms with Crippen molar-refractivity contribution < 1.29 is 32.2 Å². The number of esters is 1. The van der Waals surface area contributed by atoms with Gasteiger partial charge in [0.2, 0.25) is 5.91 Å². The van der Waals surface area contributed by atoms with Gasteiger partial charge in [-0.2, -0.15) is 0 Å². The minimum Gasteiger partial charge on any atom is -0.494 e. The average Bonchev–Trinajstić information content (AvgIpc) is 2.92. The van der Waals surface area contributed by atoms with E-state index in [-0.39, 0.29) is 11.7 Å². The Morgan fingerprint density at radius 3 is 1.98 bits per heavy atom. The Morgan fingerprint density at radius 2 is 1.32 bits per heavy atom. The number of unbranched alkanes of at least 4 members (excludes halogenated alkanes) is 5. The van der Waals surface area contributed by atoms with Crippen LogP contribution in [0.15, 0.2) is 60.7 Å². The summed E-state index contributed by atoms with van der Waals surface area (Å²) in [6, 6.07) is 15.1. The summed E-state index contributed by atoms with van der Waals surface area (Å²) in [7, 11) is 6.33. The van der Waals surface area contributed by atoms with Gasteiger partial charge < -0.3 is 14.8 Å². The SMILES string of the molecule is C[N+](C)(C)c1ccc(CC(=O)NCCCCCCCCOc2ccc(OC(=O)c3cc(F)c(F)cc3F)cc2)cc1. The fraction of sp³-hybridized carbons (Fsp3) is 0.375. The second kappa shape index (κ2) is 15.2. The molecule has 0 aromatic heterocycles. The van der Waals surface area contributed by atoms with Gasteiger partial charge in [0, 0.05) is 12.6 Å². The van der Waals surface area contributed by atoms with Gasteiger partial charge in [-0.05, 0) is 60.9 Å². The van der Waals surface area contributed by atoms with Crippen LogP contribution in [0, 0.1) is 17.5 Å². The highest BCUT2D eigenvalue weighted by Crippen LogP contribution is 2.21. The summed E-state index contributed by atoms with van der Waals surface area (Å²) in [6.07, 6.45) is 6.45. The van der Waals surface area contributed by atoms with Crippen molar-refractivity contribution >= 4 is 17.6 Å². The molecule has 3 aromatic carbocycles. The van der Waals surface area contributed by atoms with E-state index in [1.54, 1.807) is 12.1 Å². The fourth-order valence-corrected chi connectivity index (χ4v) is 4.11. The van der Waals surface area contributed by atoms with Crippen LogP contribution in [0.4, 0.5) is 18.9 Å². The predicted molar refractivity (Wildman–Crippen MR) is 154 cm³/mol. The van der Waals surface area contributed by atoms with E-state index in [9.17, 15) is 22.8 Å². The van der Waals surface area contributed by atoms with Gasteiger partial charge in [-0.25, -0.2) is 18.0 Å². The van der Waals surface area contributed by atoms with Crippen molar-refractivity contribution in [2.45, 2.75) is 44.9 Å². The van der Waals surface area contributed by atoms with Gasteiger partial charge in [0.1, 0.15) is 23.0 Å². The van der Waals surface area contributed by atoms with Crippen molar-refractivity contribution in [1.82, 2.24) is 9.80 Å². The summed E-state index contributed by atoms with van der Waals surface area (Å²) >= 11 is 0. The quantitative estimate of drug-likeness (QED) is 0.0734. The standard InChI is InChI=1S/C32H37F3N2O4/c1-37(2,3)24-12-10-23(11-13-24)20-31(38)36-18-8-6-4-5-7-9-19-40-25-14-16-26(17-15-25)41-32(39)27-21-29(34)30(35)22-28(27)33/h10-17,21-22H,4-9,18-20H2,1-3H3/p+1. The van der Waals surface area contributed by atoms with Crippen molar-refractivity contribution in [1.29, 1.82) is 0 Å². The molecule has 0 bridgehead atoms. The predicted octanol–water partition coefficient (Wildman–Crippen LogP) is 6.60. The Bertz CT molecular complexity index is 1290. The van der Waals surface area contributed by atoms with Gasteiger partial charge in [-0.1, -0.05) is 37.8 Å². The van der Waals surface area contributed by atoms with Crippen molar-refractivity contribution in [2.24, 2.45) is 0 Å². The molecular formula is C32H38F3N2O4+. The van der Waals surface area contributed by atoms with Crippen LogP contribution in [0.25, 0.3) is 0 Å². The monoisotopic (exact) mass is 571 g/mol. The van der Waals surface area contributed by atoms with E-state index < -0.39 is 29.0 Å². The zero-order valence-electron chi connectivity index (χ0n) is 23.9. The number of benzene rings is 3. The molecule has 0 heterocycles. The lowest BCUT2D eigenvalue weighted by Crippen LogP contribution is -2.34. The van der Waals surface area contributed by atoms with Gasteiger partial charge in [-0.3, -0.25) is 9.28 Å². The highest BCUT2D eigenvalue weighted by Gasteiger charge is 2.18. The van der Waals surface area contributed by atoms with Crippen LogP contribution in [-0.2, 0) is 11.2 Å². The van der Waals surface area contributed by atoms with Crippen LogP contribution in [0.5, 0.6) is 11.5 Å². The first-order valence-corrected chi connectivity index (χ1v) is 13.8. The smallest absolute Gasteiger partial charge is 0.346 e. The number of nitrogens with one attached hydrogen (secondary N) is 1. The lowest BCUT2D eigenvalue weighted by atomic mass is 10.1. The van der Waals surface area contributed by atoms with Gasteiger partial charge in [-0.15, -0.1) is 0 Å². The number of hydrogen-bond acceptors (Lipinski definition) is 4. The molecule has 41 heavy (non-hydrogen) atoms. The van der Waals surface area contributed by atoms with Crippen LogP contribution >= 0.6 is 0 Å². The maximum atomic E-state index is 13.7. The molecule has 0 aliphatic carbocycles. The van der Waals surface area contributed by atoms with Crippen molar-refractivity contribution in [3.63, 3.8) is 0 Å². The number of ether oxygens (including phenoxy) is 2. The molecule has 0 saturated carbocycles. The number of rotatable bonds is 15. The Hall–Kier alpha value is -3.85. The summed E-state index contributed by atoms with van der Waals surface area (Å²) in [4.78, 5) is 24.3. The molecule has 0 fully saturated rings. The van der Waals surface area contributed by atoms with E-state index in [4.69, 9.17) is 9.47 Å². The third kappa shape index (κ3) is 10.6. The zero-order valence-corrected chi connectivity index (χ0v) is 23.9. The molecule has 6 nitrogen and oxygen atoms in total. The fourth-order valence-electron chi connectivity index (χ4n) is 4.11. The molecule has 3 rings (SSSR count). The largest absolute Gasteiger partial charge is 0.494 e. The summed E-state index contributed by atoms with van der Waals surface area (Å²) in [5, 5.41) is 3.00. The summed E-state index contributed by atoms with van der Waals surface area (Å²) in [6.45, 7) is 1.21. The van der Waals surface area contributed by atoms with Crippen molar-refractivity contribution in [3.8, 4) is 11.5 Å². The van der Waals surface area contributed by atoms with Gasteiger partial charge in [0.05, 0.1) is 39.7 Å². The minimum absolute atomic E-state index is 0.0449. The number of hydrogen-bond donors (Lipinski definition) is 1. The van der Waals surface area contributed by atoms with Crippen LogP contribution in [0.3, 0.4) is 0 Å². The first-order valence-electron chi connectivity index (χ1n) is 13.8. The third-order valence-electron chi connectivity index (χ3n) is 6.50. The molecule has 3 aromatic rings. The molecular weight excluding hydrogens is 533 g/mol. The average molecular weight is 572 g/mol. The van der Waals surface area contributed by atoms with Gasteiger partial charge in [0.15, 0.2) is 11.6 Å². The van der Waals surface area contributed by atoms with Crippen molar-refractivity contribution in [3.05, 3.63) is 89.2 Å². The van der Waals surface area contributed by atoms with E-state index in [1.165, 1.54) is 17.8 Å². The van der Waals surface area contributed by atoms with Gasteiger partial charge >= 0.3 is 5.97 Å². The maximum Gasteiger partial charge on any atom is 0.346 e. The second-order valence-electron chi connectivity index (χ2n) is 10.8. The number of nitrogens with zero attached hydrogens (tertiary/aromatic N) is 1. The van der Waals surface area contributed by atoms with Gasteiger partial charge in [0.25, 0.3) is 0 Å². The van der Waals surface area contributed by atoms with E-state index in [0.717, 1.165) is 48.6 Å². The Balaban J connectivity index is 1.22. The molecule has 1 N–H and O–H groups in total. The van der Waals surface area contributed by atoms with Crippen LogP contribution in [-0.4, -0.2) is 46.2 Å². The number of carbonyl (C=O) groups excluding carboxylic acids is 2. The highest BCUT2D eigenvalue weighted by molar-refractivity contribution is 5.91. The number of halogens is 3. The molecule has 9 heteroatoms. The Morgan fingerprint density at radius 1 is 0.732 bits per heavy atom. The lowest BCUT2D eigenvalue weighted by Gasteiger charge is -2.23. The third-order valence-corrected chi connectivity index (χ3v) is 6.50. The van der Waals surface area contributed by atoms with E-state index in [1.807, 2.05) is 12.1 Å². The minimum atomic E-state index is -1.38. The first-order chi connectivity index (χ1) is 19.5. The molecule has 220 valence electrons. The number of amides is 1. The first kappa shape index (κ1) is 31.7.